The number of likely N-dealkylation sites (N-methyl/N-ethyl adjacent to an activating group) is 1. The summed E-state index contributed by atoms with van der Waals surface area (Å²) < 4.78 is 8.48. The standard InChI is InChI=1S/C22H30N2O2/c1-5-15-14-24(3)11-9-16(15)12-21(24)22(25)18-8-10-23(2)20-7-6-17(26-4)13-19(18)20/h5-8,10,13,15-16,21-22,25H,1,9,11-12,14H2,2-4H3/q+2/t15?,16?,21-,22-,24?/m0/s1. The van der Waals surface area contributed by atoms with Crippen molar-refractivity contribution in [2.75, 3.05) is 27.2 Å². The Morgan fingerprint density at radius 3 is 2.88 bits per heavy atom. The molecule has 26 heavy (non-hydrogen) atoms. The van der Waals surface area contributed by atoms with Crippen molar-refractivity contribution in [1.29, 1.82) is 0 Å². The van der Waals surface area contributed by atoms with Crippen LogP contribution in [0.15, 0.2) is 43.1 Å². The number of piperidine rings is 3. The first kappa shape index (κ1) is 17.5. The number of fused-ring (bicyclic) bond motifs is 4. The van der Waals surface area contributed by atoms with E-state index in [1.807, 2.05) is 13.1 Å². The summed E-state index contributed by atoms with van der Waals surface area (Å²) >= 11 is 0. The number of benzene rings is 1. The molecule has 4 nitrogen and oxygen atoms in total. The van der Waals surface area contributed by atoms with Gasteiger partial charge in [0.1, 0.15) is 24.9 Å². The number of ether oxygens (including phenoxy) is 1. The minimum Gasteiger partial charge on any atom is -0.497 e. The first-order chi connectivity index (χ1) is 12.5. The largest absolute Gasteiger partial charge is 0.497 e. The van der Waals surface area contributed by atoms with Gasteiger partial charge in [0.05, 0.1) is 32.6 Å². The van der Waals surface area contributed by atoms with Crippen LogP contribution >= 0.6 is 0 Å². The Morgan fingerprint density at radius 2 is 2.19 bits per heavy atom. The average molecular weight is 354 g/mol. The van der Waals surface area contributed by atoms with Gasteiger partial charge in [-0.3, -0.25) is 0 Å². The highest BCUT2D eigenvalue weighted by molar-refractivity contribution is 5.81. The van der Waals surface area contributed by atoms with Crippen LogP contribution in [0.4, 0.5) is 0 Å². The van der Waals surface area contributed by atoms with Crippen LogP contribution in [0.5, 0.6) is 5.75 Å². The lowest BCUT2D eigenvalue weighted by Gasteiger charge is -2.56. The van der Waals surface area contributed by atoms with Gasteiger partial charge >= 0.3 is 0 Å². The van der Waals surface area contributed by atoms with Crippen LogP contribution < -0.4 is 9.30 Å². The van der Waals surface area contributed by atoms with E-state index in [1.54, 1.807) is 7.11 Å². The monoisotopic (exact) mass is 354 g/mol. The molecule has 1 N–H and O–H groups in total. The number of rotatable bonds is 4. The van der Waals surface area contributed by atoms with Crippen LogP contribution in [0.2, 0.25) is 0 Å². The summed E-state index contributed by atoms with van der Waals surface area (Å²) in [5, 5.41) is 12.5. The Morgan fingerprint density at radius 1 is 1.38 bits per heavy atom. The molecule has 3 fully saturated rings. The van der Waals surface area contributed by atoms with E-state index in [0.29, 0.717) is 11.8 Å². The predicted molar refractivity (Wildman–Crippen MR) is 103 cm³/mol. The van der Waals surface area contributed by atoms with E-state index in [0.717, 1.165) is 46.2 Å². The van der Waals surface area contributed by atoms with Crippen LogP contribution in [-0.2, 0) is 7.05 Å². The second kappa shape index (κ2) is 6.36. The first-order valence-electron chi connectivity index (χ1n) is 9.58. The maximum absolute atomic E-state index is 11.5. The molecule has 1 aromatic heterocycles. The van der Waals surface area contributed by atoms with Crippen molar-refractivity contribution in [3.8, 4) is 5.75 Å². The maximum atomic E-state index is 11.5. The molecule has 3 aliphatic rings. The lowest BCUT2D eigenvalue weighted by Crippen LogP contribution is -2.66. The molecular formula is C22H30N2O2+2. The van der Waals surface area contributed by atoms with Crippen LogP contribution in [0.1, 0.15) is 24.5 Å². The molecule has 4 heterocycles. The number of aryl methyl sites for hydroxylation is 1. The van der Waals surface area contributed by atoms with Crippen molar-refractivity contribution < 1.29 is 18.9 Å². The molecule has 0 aliphatic carbocycles. The Balaban J connectivity index is 1.76. The van der Waals surface area contributed by atoms with E-state index >= 15 is 0 Å². The summed E-state index contributed by atoms with van der Waals surface area (Å²) in [5.41, 5.74) is 2.13. The fourth-order valence-electron chi connectivity index (χ4n) is 5.30. The average Bonchev–Trinajstić information content (AvgIpc) is 2.67. The van der Waals surface area contributed by atoms with Gasteiger partial charge in [-0.05, 0) is 18.1 Å². The molecule has 3 aliphatic heterocycles. The molecule has 4 heteroatoms. The highest BCUT2D eigenvalue weighted by Crippen LogP contribution is 2.45. The number of hydrogen-bond donors (Lipinski definition) is 1. The van der Waals surface area contributed by atoms with Gasteiger partial charge in [0.2, 0.25) is 5.52 Å². The molecule has 0 radical (unpaired) electrons. The van der Waals surface area contributed by atoms with Crippen molar-refractivity contribution in [3.05, 3.63) is 48.7 Å². The Hall–Kier alpha value is -1.91. The van der Waals surface area contributed by atoms with Gasteiger partial charge in [0.25, 0.3) is 0 Å². The molecule has 3 saturated heterocycles. The molecule has 5 rings (SSSR count). The molecule has 0 saturated carbocycles. The van der Waals surface area contributed by atoms with E-state index in [1.165, 1.54) is 6.42 Å². The highest BCUT2D eigenvalue weighted by Gasteiger charge is 2.51. The third kappa shape index (κ3) is 2.63. The van der Waals surface area contributed by atoms with Gasteiger partial charge in [-0.15, -0.1) is 6.58 Å². The molecule has 5 atom stereocenters. The van der Waals surface area contributed by atoms with Gasteiger partial charge < -0.3 is 14.3 Å². The number of quaternary nitrogens is 1. The number of pyridine rings is 1. The van der Waals surface area contributed by atoms with Crippen LogP contribution in [0.25, 0.3) is 10.9 Å². The summed E-state index contributed by atoms with van der Waals surface area (Å²) in [7, 11) is 6.04. The highest BCUT2D eigenvalue weighted by atomic mass is 16.5. The normalized spacial score (nSPS) is 31.8. The van der Waals surface area contributed by atoms with Gasteiger partial charge in [-0.25, -0.2) is 4.57 Å². The summed E-state index contributed by atoms with van der Waals surface area (Å²) in [4.78, 5) is 0. The zero-order chi connectivity index (χ0) is 18.5. The van der Waals surface area contributed by atoms with Gasteiger partial charge in [-0.1, -0.05) is 6.08 Å². The number of aliphatic hydroxyl groups is 1. The molecule has 2 bridgehead atoms. The Kier molecular flexibility index (Phi) is 4.28. The summed E-state index contributed by atoms with van der Waals surface area (Å²) in [6, 6.07) is 8.42. The molecule has 2 aromatic rings. The second-order valence-electron chi connectivity index (χ2n) is 8.35. The van der Waals surface area contributed by atoms with E-state index < -0.39 is 6.10 Å². The Bertz CT molecular complexity index is 849. The minimum absolute atomic E-state index is 0.243. The maximum Gasteiger partial charge on any atom is 0.212 e. The zero-order valence-electron chi connectivity index (χ0n) is 16.1. The molecule has 138 valence electrons. The van der Waals surface area contributed by atoms with E-state index in [9.17, 15) is 5.11 Å². The summed E-state index contributed by atoms with van der Waals surface area (Å²) in [6.07, 6.45) is 6.03. The van der Waals surface area contributed by atoms with Crippen molar-refractivity contribution in [1.82, 2.24) is 0 Å². The summed E-state index contributed by atoms with van der Waals surface area (Å²) in [5.74, 6) is 2.07. The number of aromatic nitrogens is 1. The minimum atomic E-state index is -0.468. The molecule has 1 aromatic carbocycles. The number of aliphatic hydroxyl groups excluding tert-OH is 1. The lowest BCUT2D eigenvalue weighted by molar-refractivity contribution is -0.956. The quantitative estimate of drug-likeness (QED) is 0.520. The molecular weight excluding hydrogens is 324 g/mol. The molecule has 0 amide bonds. The molecule has 0 spiro atoms. The molecule has 3 unspecified atom stereocenters. The third-order valence-corrected chi connectivity index (χ3v) is 6.95. The van der Waals surface area contributed by atoms with Crippen LogP contribution in [-0.4, -0.2) is 42.9 Å². The summed E-state index contributed by atoms with van der Waals surface area (Å²) in [6.45, 7) is 6.29. The first-order valence-corrected chi connectivity index (χ1v) is 9.58. The topological polar surface area (TPSA) is 33.3 Å². The van der Waals surface area contributed by atoms with Gasteiger partial charge in [-0.2, -0.15) is 0 Å². The lowest BCUT2D eigenvalue weighted by atomic mass is 9.72. The van der Waals surface area contributed by atoms with Gasteiger partial charge in [0.15, 0.2) is 6.20 Å². The van der Waals surface area contributed by atoms with Crippen molar-refractivity contribution in [2.45, 2.75) is 25.0 Å². The smallest absolute Gasteiger partial charge is 0.212 e. The SMILES string of the molecule is C=CC1C[N+]2(C)CCC1C[C@H]2[C@@H](O)c1cc[n+](C)c2ccc(OC)cc12. The van der Waals surface area contributed by atoms with E-state index in [-0.39, 0.29) is 6.04 Å². The van der Waals surface area contributed by atoms with E-state index in [2.05, 4.69) is 48.7 Å². The number of hydrogen-bond acceptors (Lipinski definition) is 2. The second-order valence-corrected chi connectivity index (χ2v) is 8.35. The van der Waals surface area contributed by atoms with E-state index in [4.69, 9.17) is 4.74 Å². The van der Waals surface area contributed by atoms with Gasteiger partial charge in [0, 0.05) is 36.5 Å². The van der Waals surface area contributed by atoms with Crippen molar-refractivity contribution in [2.24, 2.45) is 18.9 Å². The Labute approximate surface area is 155 Å². The number of nitrogens with zero attached hydrogens (tertiary/aromatic N) is 2. The van der Waals surface area contributed by atoms with Crippen molar-refractivity contribution >= 4 is 10.9 Å². The zero-order valence-corrected chi connectivity index (χ0v) is 16.1. The fraction of sp³-hybridized carbons (Fsp3) is 0.500. The van der Waals surface area contributed by atoms with Crippen molar-refractivity contribution in [3.63, 3.8) is 0 Å². The third-order valence-electron chi connectivity index (χ3n) is 6.95. The number of methoxy groups -OCH3 is 1. The van der Waals surface area contributed by atoms with Crippen LogP contribution in [0.3, 0.4) is 0 Å². The predicted octanol–water partition coefficient (Wildman–Crippen LogP) is 2.75. The van der Waals surface area contributed by atoms with Crippen LogP contribution in [0, 0.1) is 11.8 Å². The fourth-order valence-corrected chi connectivity index (χ4v) is 5.30.